The van der Waals surface area contributed by atoms with Crippen molar-refractivity contribution in [2.45, 2.75) is 18.8 Å². The molecule has 0 aliphatic heterocycles. The average Bonchev–Trinajstić information content (AvgIpc) is 2.91. The Bertz CT molecular complexity index is 380. The van der Waals surface area contributed by atoms with E-state index in [2.05, 4.69) is 6.92 Å². The van der Waals surface area contributed by atoms with E-state index in [9.17, 15) is 4.39 Å². The summed E-state index contributed by atoms with van der Waals surface area (Å²) in [6, 6.07) is 5.17. The molecule has 0 radical (unpaired) electrons. The molecule has 82 valence electrons. The van der Waals surface area contributed by atoms with Gasteiger partial charge in [0.05, 0.1) is 7.11 Å². The zero-order valence-electron chi connectivity index (χ0n) is 8.89. The lowest BCUT2D eigenvalue weighted by Crippen LogP contribution is -2.06. The Balaban J connectivity index is 2.28. The second kappa shape index (κ2) is 3.67. The van der Waals surface area contributed by atoms with Gasteiger partial charge in [-0.05, 0) is 35.4 Å². The third-order valence-electron chi connectivity index (χ3n) is 3.41. The molecule has 15 heavy (non-hydrogen) atoms. The first kappa shape index (κ1) is 10.7. The third-order valence-corrected chi connectivity index (χ3v) is 3.78. The average molecular weight is 229 g/mol. The quantitative estimate of drug-likeness (QED) is 0.721. The number of methoxy groups -OCH3 is 1. The van der Waals surface area contributed by atoms with E-state index in [1.54, 1.807) is 12.1 Å². The molecule has 0 bridgehead atoms. The molecule has 0 spiro atoms. The summed E-state index contributed by atoms with van der Waals surface area (Å²) in [7, 11) is 1.47. The van der Waals surface area contributed by atoms with Gasteiger partial charge in [-0.1, -0.05) is 13.0 Å². The van der Waals surface area contributed by atoms with Crippen LogP contribution in [0, 0.1) is 11.7 Å². The minimum atomic E-state index is -0.295. The molecule has 1 fully saturated rings. The fourth-order valence-electron chi connectivity index (χ4n) is 2.05. The predicted octanol–water partition coefficient (Wildman–Crippen LogP) is 3.35. The van der Waals surface area contributed by atoms with Gasteiger partial charge in [-0.2, -0.15) is 0 Å². The van der Waals surface area contributed by atoms with Gasteiger partial charge in [0, 0.05) is 5.88 Å². The van der Waals surface area contributed by atoms with Gasteiger partial charge in [-0.3, -0.25) is 0 Å². The first-order valence-electron chi connectivity index (χ1n) is 5.02. The van der Waals surface area contributed by atoms with Gasteiger partial charge in [0.15, 0.2) is 11.6 Å². The molecular formula is C12H14ClFO. The Labute approximate surface area is 94.2 Å². The summed E-state index contributed by atoms with van der Waals surface area (Å²) < 4.78 is 18.4. The van der Waals surface area contributed by atoms with Crippen molar-refractivity contribution in [2.75, 3.05) is 13.0 Å². The molecule has 1 aliphatic carbocycles. The maximum Gasteiger partial charge on any atom is 0.165 e. The van der Waals surface area contributed by atoms with Gasteiger partial charge in [-0.15, -0.1) is 11.6 Å². The van der Waals surface area contributed by atoms with E-state index >= 15 is 0 Å². The third kappa shape index (κ3) is 1.71. The van der Waals surface area contributed by atoms with Gasteiger partial charge >= 0.3 is 0 Å². The van der Waals surface area contributed by atoms with Crippen molar-refractivity contribution in [1.29, 1.82) is 0 Å². The Kier molecular flexibility index (Phi) is 2.63. The van der Waals surface area contributed by atoms with E-state index in [4.69, 9.17) is 16.3 Å². The highest BCUT2D eigenvalue weighted by Gasteiger charge is 2.50. The maximum atomic E-state index is 13.5. The van der Waals surface area contributed by atoms with Gasteiger partial charge < -0.3 is 4.74 Å². The number of rotatable bonds is 3. The highest BCUT2D eigenvalue weighted by atomic mass is 35.5. The van der Waals surface area contributed by atoms with Crippen molar-refractivity contribution in [1.82, 2.24) is 0 Å². The SMILES string of the molecule is COc1ccc(C2(C)CC2CCl)cc1F. The molecule has 0 aromatic heterocycles. The molecule has 1 aromatic rings. The molecule has 2 atom stereocenters. The summed E-state index contributed by atoms with van der Waals surface area (Å²) in [4.78, 5) is 0. The Morgan fingerprint density at radius 1 is 1.60 bits per heavy atom. The van der Waals surface area contributed by atoms with Crippen LogP contribution in [0.2, 0.25) is 0 Å². The van der Waals surface area contributed by atoms with Crippen molar-refractivity contribution >= 4 is 11.6 Å². The molecule has 0 amide bonds. The summed E-state index contributed by atoms with van der Waals surface area (Å²) >= 11 is 5.81. The maximum absolute atomic E-state index is 13.5. The Morgan fingerprint density at radius 3 is 2.80 bits per heavy atom. The van der Waals surface area contributed by atoms with Crippen LogP contribution in [0.3, 0.4) is 0 Å². The molecule has 2 rings (SSSR count). The lowest BCUT2D eigenvalue weighted by atomic mass is 9.96. The standard InChI is InChI=1S/C12H14ClFO/c1-12(6-9(12)7-13)8-3-4-11(15-2)10(14)5-8/h3-5,9H,6-7H2,1-2H3. The van der Waals surface area contributed by atoms with Crippen molar-refractivity contribution < 1.29 is 9.13 Å². The summed E-state index contributed by atoms with van der Waals surface area (Å²) in [5.41, 5.74) is 1.08. The van der Waals surface area contributed by atoms with Crippen LogP contribution in [0.15, 0.2) is 18.2 Å². The molecule has 0 saturated heterocycles. The smallest absolute Gasteiger partial charge is 0.165 e. The lowest BCUT2D eigenvalue weighted by Gasteiger charge is -2.12. The Morgan fingerprint density at radius 2 is 2.33 bits per heavy atom. The van der Waals surface area contributed by atoms with Crippen molar-refractivity contribution in [3.63, 3.8) is 0 Å². The van der Waals surface area contributed by atoms with Crippen molar-refractivity contribution in [2.24, 2.45) is 5.92 Å². The van der Waals surface area contributed by atoms with Gasteiger partial charge in [0.2, 0.25) is 0 Å². The minimum Gasteiger partial charge on any atom is -0.494 e. The number of hydrogen-bond donors (Lipinski definition) is 0. The van der Waals surface area contributed by atoms with Gasteiger partial charge in [-0.25, -0.2) is 4.39 Å². The summed E-state index contributed by atoms with van der Waals surface area (Å²) in [6.45, 7) is 2.13. The fraction of sp³-hybridized carbons (Fsp3) is 0.500. The highest BCUT2D eigenvalue weighted by molar-refractivity contribution is 6.18. The molecule has 0 heterocycles. The van der Waals surface area contributed by atoms with E-state index in [1.165, 1.54) is 7.11 Å². The van der Waals surface area contributed by atoms with Gasteiger partial charge in [0.1, 0.15) is 0 Å². The van der Waals surface area contributed by atoms with E-state index in [1.807, 2.05) is 6.07 Å². The second-order valence-electron chi connectivity index (χ2n) is 4.32. The molecule has 1 aromatic carbocycles. The van der Waals surface area contributed by atoms with E-state index < -0.39 is 0 Å². The van der Waals surface area contributed by atoms with E-state index in [-0.39, 0.29) is 11.2 Å². The normalized spacial score (nSPS) is 28.9. The van der Waals surface area contributed by atoms with Crippen LogP contribution in [0.5, 0.6) is 5.75 Å². The van der Waals surface area contributed by atoms with Crippen LogP contribution in [-0.2, 0) is 5.41 Å². The molecule has 1 nitrogen and oxygen atoms in total. The lowest BCUT2D eigenvalue weighted by molar-refractivity contribution is 0.385. The fourth-order valence-corrected chi connectivity index (χ4v) is 2.50. The van der Waals surface area contributed by atoms with Crippen LogP contribution in [0.1, 0.15) is 18.9 Å². The topological polar surface area (TPSA) is 9.23 Å². The van der Waals surface area contributed by atoms with E-state index in [0.29, 0.717) is 17.5 Å². The number of ether oxygens (including phenoxy) is 1. The summed E-state index contributed by atoms with van der Waals surface area (Å²) in [6.07, 6.45) is 1.04. The number of halogens is 2. The van der Waals surface area contributed by atoms with Crippen LogP contribution >= 0.6 is 11.6 Å². The van der Waals surface area contributed by atoms with Crippen LogP contribution in [0.25, 0.3) is 0 Å². The summed E-state index contributed by atoms with van der Waals surface area (Å²) in [5.74, 6) is 1.12. The van der Waals surface area contributed by atoms with Crippen molar-refractivity contribution in [3.05, 3.63) is 29.6 Å². The molecule has 3 heteroatoms. The largest absolute Gasteiger partial charge is 0.494 e. The van der Waals surface area contributed by atoms with Gasteiger partial charge in [0.25, 0.3) is 0 Å². The Hall–Kier alpha value is -0.760. The first-order chi connectivity index (χ1) is 7.11. The molecule has 0 N–H and O–H groups in total. The number of alkyl halides is 1. The number of hydrogen-bond acceptors (Lipinski definition) is 1. The van der Waals surface area contributed by atoms with Crippen LogP contribution in [0.4, 0.5) is 4.39 Å². The van der Waals surface area contributed by atoms with Crippen LogP contribution < -0.4 is 4.74 Å². The van der Waals surface area contributed by atoms with Crippen LogP contribution in [-0.4, -0.2) is 13.0 Å². The second-order valence-corrected chi connectivity index (χ2v) is 4.63. The zero-order valence-corrected chi connectivity index (χ0v) is 9.64. The molecule has 2 unspecified atom stereocenters. The zero-order chi connectivity index (χ0) is 11.1. The predicted molar refractivity (Wildman–Crippen MR) is 59.1 cm³/mol. The molecule has 1 aliphatic rings. The van der Waals surface area contributed by atoms with E-state index in [0.717, 1.165) is 12.0 Å². The van der Waals surface area contributed by atoms with Crippen molar-refractivity contribution in [3.8, 4) is 5.75 Å². The minimum absolute atomic E-state index is 0.0643. The summed E-state index contributed by atoms with van der Waals surface area (Å²) in [5, 5.41) is 0. The molecular weight excluding hydrogens is 215 g/mol. The highest BCUT2D eigenvalue weighted by Crippen LogP contribution is 2.54. The number of benzene rings is 1. The monoisotopic (exact) mass is 228 g/mol. The molecule has 1 saturated carbocycles. The first-order valence-corrected chi connectivity index (χ1v) is 5.55.